The van der Waals surface area contributed by atoms with Crippen molar-refractivity contribution in [2.45, 2.75) is 31.1 Å². The van der Waals surface area contributed by atoms with Gasteiger partial charge in [0.25, 0.3) is 0 Å². The highest BCUT2D eigenvalue weighted by Gasteiger charge is 2.36. The Labute approximate surface area is 79.0 Å². The molecular formula is C10H17N3. The number of hydrogen-bond acceptors (Lipinski definition) is 2. The van der Waals surface area contributed by atoms with Crippen LogP contribution in [0.3, 0.4) is 0 Å². The van der Waals surface area contributed by atoms with Gasteiger partial charge in [0.15, 0.2) is 0 Å². The molecule has 0 spiro atoms. The zero-order chi connectivity index (χ0) is 9.31. The van der Waals surface area contributed by atoms with Gasteiger partial charge in [0.1, 0.15) is 0 Å². The molecule has 2 rings (SSSR count). The first-order valence-corrected chi connectivity index (χ1v) is 4.95. The maximum absolute atomic E-state index is 5.89. The van der Waals surface area contributed by atoms with E-state index < -0.39 is 0 Å². The summed E-state index contributed by atoms with van der Waals surface area (Å²) < 4.78 is 2.11. The Morgan fingerprint density at radius 3 is 2.69 bits per heavy atom. The maximum Gasteiger partial charge on any atom is 0.0945 e. The van der Waals surface area contributed by atoms with E-state index in [1.54, 1.807) is 0 Å². The Morgan fingerprint density at radius 2 is 2.23 bits per heavy atom. The lowest BCUT2D eigenvalue weighted by Gasteiger charge is -2.27. The first kappa shape index (κ1) is 8.75. The Kier molecular flexibility index (Phi) is 2.12. The molecule has 0 aromatic carbocycles. The van der Waals surface area contributed by atoms with Gasteiger partial charge in [-0.2, -0.15) is 0 Å². The molecule has 1 aliphatic rings. The number of aromatic nitrogens is 2. The van der Waals surface area contributed by atoms with Gasteiger partial charge in [-0.3, -0.25) is 0 Å². The van der Waals surface area contributed by atoms with Crippen LogP contribution in [0.25, 0.3) is 0 Å². The van der Waals surface area contributed by atoms with Crippen LogP contribution in [0.2, 0.25) is 0 Å². The molecule has 3 heteroatoms. The minimum Gasteiger partial charge on any atom is -0.337 e. The molecule has 1 aliphatic carbocycles. The van der Waals surface area contributed by atoms with Crippen molar-refractivity contribution in [3.63, 3.8) is 0 Å². The predicted octanol–water partition coefficient (Wildman–Crippen LogP) is 1.19. The van der Waals surface area contributed by atoms with Gasteiger partial charge in [-0.15, -0.1) is 0 Å². The fourth-order valence-corrected chi connectivity index (χ4v) is 2.48. The van der Waals surface area contributed by atoms with Gasteiger partial charge >= 0.3 is 0 Å². The van der Waals surface area contributed by atoms with E-state index in [0.717, 1.165) is 6.54 Å². The molecule has 0 unspecified atom stereocenters. The SMILES string of the molecule is Cn1cncc1C1(CN)CCCC1. The molecule has 0 bridgehead atoms. The number of rotatable bonds is 2. The molecular weight excluding hydrogens is 162 g/mol. The topological polar surface area (TPSA) is 43.8 Å². The number of aryl methyl sites for hydroxylation is 1. The zero-order valence-corrected chi connectivity index (χ0v) is 8.16. The zero-order valence-electron chi connectivity index (χ0n) is 8.16. The van der Waals surface area contributed by atoms with Gasteiger partial charge in [-0.05, 0) is 12.8 Å². The van der Waals surface area contributed by atoms with Crippen LogP contribution in [0, 0.1) is 0 Å². The molecule has 0 aliphatic heterocycles. The highest BCUT2D eigenvalue weighted by molar-refractivity contribution is 5.17. The molecule has 0 amide bonds. The van der Waals surface area contributed by atoms with Gasteiger partial charge in [0, 0.05) is 30.9 Å². The van der Waals surface area contributed by atoms with E-state index in [1.165, 1.54) is 31.4 Å². The number of imidazole rings is 1. The second-order valence-electron chi connectivity index (χ2n) is 4.08. The van der Waals surface area contributed by atoms with Gasteiger partial charge in [-0.25, -0.2) is 4.98 Å². The molecule has 1 aromatic heterocycles. The third-order valence-electron chi connectivity index (χ3n) is 3.31. The average Bonchev–Trinajstić information content (AvgIpc) is 2.73. The van der Waals surface area contributed by atoms with Crippen LogP contribution in [-0.2, 0) is 12.5 Å². The third-order valence-corrected chi connectivity index (χ3v) is 3.31. The lowest BCUT2D eigenvalue weighted by molar-refractivity contribution is 0.426. The van der Waals surface area contributed by atoms with E-state index in [9.17, 15) is 0 Å². The van der Waals surface area contributed by atoms with E-state index in [4.69, 9.17) is 5.73 Å². The molecule has 0 saturated heterocycles. The lowest BCUT2D eigenvalue weighted by Crippen LogP contribution is -2.33. The van der Waals surface area contributed by atoms with E-state index in [-0.39, 0.29) is 5.41 Å². The normalized spacial score (nSPS) is 20.8. The highest BCUT2D eigenvalue weighted by atomic mass is 15.0. The summed E-state index contributed by atoms with van der Waals surface area (Å²) in [6.07, 6.45) is 8.90. The van der Waals surface area contributed by atoms with Crippen molar-refractivity contribution in [2.24, 2.45) is 12.8 Å². The summed E-state index contributed by atoms with van der Waals surface area (Å²) in [5.74, 6) is 0. The minimum absolute atomic E-state index is 0.227. The molecule has 2 N–H and O–H groups in total. The van der Waals surface area contributed by atoms with Crippen molar-refractivity contribution in [1.29, 1.82) is 0 Å². The molecule has 1 heterocycles. The summed E-state index contributed by atoms with van der Waals surface area (Å²) in [7, 11) is 2.05. The van der Waals surface area contributed by atoms with E-state index in [0.29, 0.717) is 0 Å². The molecule has 72 valence electrons. The van der Waals surface area contributed by atoms with Crippen LogP contribution in [0.15, 0.2) is 12.5 Å². The van der Waals surface area contributed by atoms with Gasteiger partial charge in [0.2, 0.25) is 0 Å². The van der Waals surface area contributed by atoms with Crippen LogP contribution >= 0.6 is 0 Å². The molecule has 1 fully saturated rings. The number of hydrogen-bond donors (Lipinski definition) is 1. The molecule has 0 atom stereocenters. The van der Waals surface area contributed by atoms with Crippen LogP contribution in [-0.4, -0.2) is 16.1 Å². The second kappa shape index (κ2) is 3.14. The fourth-order valence-electron chi connectivity index (χ4n) is 2.48. The van der Waals surface area contributed by atoms with Crippen molar-refractivity contribution >= 4 is 0 Å². The van der Waals surface area contributed by atoms with E-state index in [1.807, 2.05) is 12.5 Å². The minimum atomic E-state index is 0.227. The summed E-state index contributed by atoms with van der Waals surface area (Å²) in [5.41, 5.74) is 7.43. The van der Waals surface area contributed by atoms with Crippen LogP contribution in [0.1, 0.15) is 31.4 Å². The summed E-state index contributed by atoms with van der Waals surface area (Å²) in [4.78, 5) is 4.17. The van der Waals surface area contributed by atoms with Crippen LogP contribution in [0.5, 0.6) is 0 Å². The van der Waals surface area contributed by atoms with Crippen molar-refractivity contribution in [3.05, 3.63) is 18.2 Å². The average molecular weight is 179 g/mol. The van der Waals surface area contributed by atoms with Crippen molar-refractivity contribution in [1.82, 2.24) is 9.55 Å². The smallest absolute Gasteiger partial charge is 0.0945 e. The van der Waals surface area contributed by atoms with Gasteiger partial charge in [-0.1, -0.05) is 12.8 Å². The molecule has 13 heavy (non-hydrogen) atoms. The highest BCUT2D eigenvalue weighted by Crippen LogP contribution is 2.39. The molecule has 1 saturated carbocycles. The largest absolute Gasteiger partial charge is 0.337 e. The first-order valence-electron chi connectivity index (χ1n) is 4.95. The van der Waals surface area contributed by atoms with Gasteiger partial charge < -0.3 is 10.3 Å². The summed E-state index contributed by atoms with van der Waals surface area (Å²) >= 11 is 0. The fraction of sp³-hybridized carbons (Fsp3) is 0.700. The summed E-state index contributed by atoms with van der Waals surface area (Å²) in [6.45, 7) is 0.756. The Balaban J connectivity index is 2.36. The maximum atomic E-state index is 5.89. The standard InChI is InChI=1S/C10H17N3/c1-13-8-12-6-9(13)10(7-11)4-2-3-5-10/h6,8H,2-5,7,11H2,1H3. The molecule has 3 nitrogen and oxygen atoms in total. The Morgan fingerprint density at radius 1 is 1.54 bits per heavy atom. The number of nitrogens with zero attached hydrogens (tertiary/aromatic N) is 2. The number of nitrogens with two attached hydrogens (primary N) is 1. The van der Waals surface area contributed by atoms with E-state index >= 15 is 0 Å². The van der Waals surface area contributed by atoms with Crippen molar-refractivity contribution in [2.75, 3.05) is 6.54 Å². The molecule has 0 radical (unpaired) electrons. The first-order chi connectivity index (χ1) is 6.28. The van der Waals surface area contributed by atoms with E-state index in [2.05, 4.69) is 16.6 Å². The van der Waals surface area contributed by atoms with Crippen molar-refractivity contribution < 1.29 is 0 Å². The van der Waals surface area contributed by atoms with Crippen molar-refractivity contribution in [3.8, 4) is 0 Å². The summed E-state index contributed by atoms with van der Waals surface area (Å²) in [6, 6.07) is 0. The Bertz CT molecular complexity index is 284. The monoisotopic (exact) mass is 179 g/mol. The molecule has 1 aromatic rings. The third kappa shape index (κ3) is 1.27. The van der Waals surface area contributed by atoms with Crippen LogP contribution < -0.4 is 5.73 Å². The lowest BCUT2D eigenvalue weighted by atomic mass is 9.83. The Hall–Kier alpha value is -0.830. The van der Waals surface area contributed by atoms with Crippen LogP contribution in [0.4, 0.5) is 0 Å². The quantitative estimate of drug-likeness (QED) is 0.741. The van der Waals surface area contributed by atoms with Gasteiger partial charge in [0.05, 0.1) is 6.33 Å². The second-order valence-corrected chi connectivity index (χ2v) is 4.08. The summed E-state index contributed by atoms with van der Waals surface area (Å²) in [5, 5.41) is 0. The predicted molar refractivity (Wildman–Crippen MR) is 52.4 cm³/mol.